The third-order valence-electron chi connectivity index (χ3n) is 3.65. The van der Waals surface area contributed by atoms with Crippen LogP contribution in [0, 0.1) is 0 Å². The summed E-state index contributed by atoms with van der Waals surface area (Å²) in [4.78, 5) is 7.05. The smallest absolute Gasteiger partial charge is 0.123 e. The molecule has 100 valence electrons. The SMILES string of the molecule is OCC1CCCN1Cc1csc(-c2ccccc2)n1. The molecule has 3 rings (SSSR count). The fourth-order valence-corrected chi connectivity index (χ4v) is 3.43. The first-order valence-corrected chi connectivity index (χ1v) is 7.59. The van der Waals surface area contributed by atoms with Gasteiger partial charge in [-0.05, 0) is 19.4 Å². The second-order valence-electron chi connectivity index (χ2n) is 4.96. The van der Waals surface area contributed by atoms with E-state index in [0.717, 1.165) is 30.2 Å². The zero-order chi connectivity index (χ0) is 13.1. The molecular formula is C15H18N2OS. The third-order valence-corrected chi connectivity index (χ3v) is 4.59. The second-order valence-corrected chi connectivity index (χ2v) is 5.82. The van der Waals surface area contributed by atoms with Crippen LogP contribution in [0.15, 0.2) is 35.7 Å². The largest absolute Gasteiger partial charge is 0.395 e. The molecule has 0 bridgehead atoms. The minimum atomic E-state index is 0.260. The molecule has 1 N–H and O–H groups in total. The summed E-state index contributed by atoms with van der Waals surface area (Å²) in [6.07, 6.45) is 2.28. The maximum absolute atomic E-state index is 9.34. The highest BCUT2D eigenvalue weighted by atomic mass is 32.1. The molecule has 3 nitrogen and oxygen atoms in total. The van der Waals surface area contributed by atoms with Crippen molar-refractivity contribution in [3.8, 4) is 10.6 Å². The molecule has 0 amide bonds. The molecule has 2 aromatic rings. The Hall–Kier alpha value is -1.23. The van der Waals surface area contributed by atoms with E-state index in [0.29, 0.717) is 6.04 Å². The van der Waals surface area contributed by atoms with Crippen LogP contribution in [0.25, 0.3) is 10.6 Å². The van der Waals surface area contributed by atoms with E-state index in [9.17, 15) is 5.11 Å². The van der Waals surface area contributed by atoms with Crippen molar-refractivity contribution in [1.82, 2.24) is 9.88 Å². The summed E-state index contributed by atoms with van der Waals surface area (Å²) in [6.45, 7) is 2.19. The predicted molar refractivity (Wildman–Crippen MR) is 78.1 cm³/mol. The fraction of sp³-hybridized carbons (Fsp3) is 0.400. The van der Waals surface area contributed by atoms with Crippen LogP contribution in [-0.2, 0) is 6.54 Å². The Labute approximate surface area is 117 Å². The van der Waals surface area contributed by atoms with Gasteiger partial charge in [-0.15, -0.1) is 11.3 Å². The molecule has 0 saturated carbocycles. The standard InChI is InChI=1S/C15H18N2OS/c18-10-14-7-4-8-17(14)9-13-11-19-15(16-13)12-5-2-1-3-6-12/h1-3,5-6,11,14,18H,4,7-10H2. The lowest BCUT2D eigenvalue weighted by Gasteiger charge is -2.21. The summed E-state index contributed by atoms with van der Waals surface area (Å²) >= 11 is 1.69. The summed E-state index contributed by atoms with van der Waals surface area (Å²) in [6, 6.07) is 10.6. The maximum Gasteiger partial charge on any atom is 0.123 e. The third kappa shape index (κ3) is 2.86. The summed E-state index contributed by atoms with van der Waals surface area (Å²) in [5.41, 5.74) is 2.29. The highest BCUT2D eigenvalue weighted by Crippen LogP contribution is 2.25. The maximum atomic E-state index is 9.34. The number of aliphatic hydroxyl groups is 1. The van der Waals surface area contributed by atoms with Crippen LogP contribution in [0.2, 0.25) is 0 Å². The molecule has 19 heavy (non-hydrogen) atoms. The molecule has 4 heteroatoms. The molecule has 1 fully saturated rings. The number of rotatable bonds is 4. The Morgan fingerprint density at radius 2 is 2.16 bits per heavy atom. The van der Waals surface area contributed by atoms with Gasteiger partial charge < -0.3 is 5.11 Å². The Kier molecular flexibility index (Phi) is 3.92. The molecule has 0 radical (unpaired) electrons. The second kappa shape index (κ2) is 5.82. The van der Waals surface area contributed by atoms with Gasteiger partial charge >= 0.3 is 0 Å². The van der Waals surface area contributed by atoms with Crippen molar-refractivity contribution >= 4 is 11.3 Å². The van der Waals surface area contributed by atoms with Crippen LogP contribution in [-0.4, -0.2) is 34.2 Å². The van der Waals surface area contributed by atoms with Crippen LogP contribution >= 0.6 is 11.3 Å². The van der Waals surface area contributed by atoms with E-state index in [1.165, 1.54) is 12.0 Å². The van der Waals surface area contributed by atoms with Gasteiger partial charge in [-0.3, -0.25) is 4.90 Å². The average molecular weight is 274 g/mol. The van der Waals surface area contributed by atoms with E-state index >= 15 is 0 Å². The monoisotopic (exact) mass is 274 g/mol. The van der Waals surface area contributed by atoms with Crippen molar-refractivity contribution in [3.63, 3.8) is 0 Å². The number of benzene rings is 1. The number of aromatic nitrogens is 1. The molecular weight excluding hydrogens is 256 g/mol. The van der Waals surface area contributed by atoms with Crippen molar-refractivity contribution < 1.29 is 5.11 Å². The molecule has 0 aliphatic carbocycles. The minimum absolute atomic E-state index is 0.260. The quantitative estimate of drug-likeness (QED) is 0.931. The summed E-state index contributed by atoms with van der Waals surface area (Å²) in [7, 11) is 0. The van der Waals surface area contributed by atoms with Gasteiger partial charge in [0.1, 0.15) is 5.01 Å². The molecule has 1 aromatic heterocycles. The number of thiazole rings is 1. The number of hydrogen-bond donors (Lipinski definition) is 1. The van der Waals surface area contributed by atoms with Crippen LogP contribution in [0.3, 0.4) is 0 Å². The topological polar surface area (TPSA) is 36.4 Å². The van der Waals surface area contributed by atoms with Crippen molar-refractivity contribution in [3.05, 3.63) is 41.4 Å². The highest BCUT2D eigenvalue weighted by Gasteiger charge is 2.24. The molecule has 1 atom stereocenters. The zero-order valence-corrected chi connectivity index (χ0v) is 11.6. The van der Waals surface area contributed by atoms with Crippen LogP contribution in [0.4, 0.5) is 0 Å². The van der Waals surface area contributed by atoms with Gasteiger partial charge in [-0.25, -0.2) is 4.98 Å². The number of nitrogens with zero attached hydrogens (tertiary/aromatic N) is 2. The zero-order valence-electron chi connectivity index (χ0n) is 10.8. The first kappa shape index (κ1) is 12.8. The fourth-order valence-electron chi connectivity index (χ4n) is 2.61. The first-order chi connectivity index (χ1) is 9.36. The van der Waals surface area contributed by atoms with E-state index in [1.807, 2.05) is 18.2 Å². The lowest BCUT2D eigenvalue weighted by molar-refractivity contribution is 0.152. The van der Waals surface area contributed by atoms with E-state index in [1.54, 1.807) is 11.3 Å². The average Bonchev–Trinajstić information content (AvgIpc) is 3.09. The lowest BCUT2D eigenvalue weighted by Crippen LogP contribution is -2.31. The van der Waals surface area contributed by atoms with E-state index in [-0.39, 0.29) is 6.61 Å². The van der Waals surface area contributed by atoms with Crippen molar-refractivity contribution in [2.75, 3.05) is 13.2 Å². The van der Waals surface area contributed by atoms with Crippen molar-refractivity contribution in [1.29, 1.82) is 0 Å². The Morgan fingerprint density at radius 1 is 1.32 bits per heavy atom. The van der Waals surface area contributed by atoms with E-state index < -0.39 is 0 Å². The summed E-state index contributed by atoms with van der Waals surface area (Å²) < 4.78 is 0. The molecule has 2 heterocycles. The summed E-state index contributed by atoms with van der Waals surface area (Å²) in [5, 5.41) is 12.6. The highest BCUT2D eigenvalue weighted by molar-refractivity contribution is 7.13. The van der Waals surface area contributed by atoms with Gasteiger partial charge in [0.25, 0.3) is 0 Å². The number of aliphatic hydroxyl groups excluding tert-OH is 1. The summed E-state index contributed by atoms with van der Waals surface area (Å²) in [5.74, 6) is 0. The van der Waals surface area contributed by atoms with Crippen LogP contribution in [0.1, 0.15) is 18.5 Å². The molecule has 1 unspecified atom stereocenters. The van der Waals surface area contributed by atoms with Crippen LogP contribution < -0.4 is 0 Å². The predicted octanol–water partition coefficient (Wildman–Crippen LogP) is 2.77. The van der Waals surface area contributed by atoms with Gasteiger partial charge in [0.15, 0.2) is 0 Å². The lowest BCUT2D eigenvalue weighted by atomic mass is 10.2. The minimum Gasteiger partial charge on any atom is -0.395 e. The normalized spacial score (nSPS) is 19.9. The number of likely N-dealkylation sites (tertiary alicyclic amines) is 1. The Morgan fingerprint density at radius 3 is 2.95 bits per heavy atom. The van der Waals surface area contributed by atoms with Crippen LogP contribution in [0.5, 0.6) is 0 Å². The van der Waals surface area contributed by atoms with Gasteiger partial charge in [-0.1, -0.05) is 30.3 Å². The van der Waals surface area contributed by atoms with Gasteiger partial charge in [0.2, 0.25) is 0 Å². The molecule has 1 aliphatic heterocycles. The first-order valence-electron chi connectivity index (χ1n) is 6.71. The van der Waals surface area contributed by atoms with Gasteiger partial charge in [0.05, 0.1) is 12.3 Å². The van der Waals surface area contributed by atoms with E-state index in [4.69, 9.17) is 4.98 Å². The molecule has 1 aromatic carbocycles. The molecule has 1 saturated heterocycles. The van der Waals surface area contributed by atoms with Crippen molar-refractivity contribution in [2.45, 2.75) is 25.4 Å². The number of hydrogen-bond acceptors (Lipinski definition) is 4. The molecule has 0 spiro atoms. The van der Waals surface area contributed by atoms with E-state index in [2.05, 4.69) is 22.4 Å². The Bertz CT molecular complexity index is 526. The molecule has 1 aliphatic rings. The van der Waals surface area contributed by atoms with Gasteiger partial charge in [0, 0.05) is 23.5 Å². The Balaban J connectivity index is 1.72. The van der Waals surface area contributed by atoms with Gasteiger partial charge in [-0.2, -0.15) is 0 Å². The van der Waals surface area contributed by atoms with Crippen molar-refractivity contribution in [2.24, 2.45) is 0 Å².